The fourth-order valence-corrected chi connectivity index (χ4v) is 3.54. The SMILES string of the molecule is CN.CNC(=O)c1ccccc1.O=C(O)c1ccccc1.O=C(OC(=O)n1ccnc1)c1ccccc1.O=C(n1ccnc1)n1ccnc1.O=C=O.c1c[nH]cn1. The lowest BCUT2D eigenvalue weighted by Crippen LogP contribution is -2.17. The fourth-order valence-electron chi connectivity index (χ4n) is 3.54. The molecular weight excluding hydrogens is 740 g/mol. The molecule has 3 aromatic carbocycles. The molecule has 57 heavy (non-hydrogen) atoms. The summed E-state index contributed by atoms with van der Waals surface area (Å²) in [5.74, 6) is -1.60. The third kappa shape index (κ3) is 19.3. The standard InChI is InChI=1S/C11H8N2O3.C8H9NO.C7H6N4O.C7H6O2.C3H4N2.CH5N.CO2/c14-10(9-4-2-1-3-5-9)16-11(15)13-7-6-12-8-13;1-9-8(10)7-5-3-2-4-6-7;12-7(10-3-1-8-5-10)11-4-2-9-6-11;8-7(9)6-4-2-1-3-5-6;1-2-5-3-4-1;1-2;2-1-3/h1-8H;2-6H,1H3,(H,9,10);1-6H;1-5H,(H,8,9);1-3H,(H,4,5);2H2,1H3;. The molecule has 0 spiro atoms. The van der Waals surface area contributed by atoms with Crippen LogP contribution in [-0.2, 0) is 14.3 Å². The van der Waals surface area contributed by atoms with Crippen molar-refractivity contribution in [3.63, 3.8) is 0 Å². The van der Waals surface area contributed by atoms with Crippen LogP contribution in [0.3, 0.4) is 0 Å². The van der Waals surface area contributed by atoms with Crippen molar-refractivity contribution in [3.8, 4) is 0 Å². The molecule has 19 heteroatoms. The predicted molar refractivity (Wildman–Crippen MR) is 202 cm³/mol. The van der Waals surface area contributed by atoms with Gasteiger partial charge in [0.15, 0.2) is 0 Å². The Balaban J connectivity index is 0.000000358. The first kappa shape index (κ1) is 46.6. The Morgan fingerprint density at radius 2 is 1.07 bits per heavy atom. The zero-order chi connectivity index (χ0) is 42.1. The van der Waals surface area contributed by atoms with E-state index < -0.39 is 18.0 Å². The molecular formula is C38H38N10O9. The number of carboxylic acid groups (broad SMARTS) is 1. The number of hydrogen-bond donors (Lipinski definition) is 4. The van der Waals surface area contributed by atoms with Crippen LogP contribution in [0.4, 0.5) is 9.59 Å². The van der Waals surface area contributed by atoms with E-state index in [9.17, 15) is 24.0 Å². The minimum Gasteiger partial charge on any atom is -0.478 e. The number of carbonyl (C=O) groups is 5. The first-order chi connectivity index (χ1) is 27.7. The highest BCUT2D eigenvalue weighted by molar-refractivity contribution is 5.96. The van der Waals surface area contributed by atoms with Crippen molar-refractivity contribution in [1.29, 1.82) is 0 Å². The number of hydrogen-bond acceptors (Lipinski definition) is 13. The zero-order valence-corrected chi connectivity index (χ0v) is 30.5. The number of carbonyl (C=O) groups excluding carboxylic acids is 6. The van der Waals surface area contributed by atoms with Crippen LogP contribution < -0.4 is 11.1 Å². The molecule has 0 aliphatic carbocycles. The molecule has 0 radical (unpaired) electrons. The second-order valence-electron chi connectivity index (χ2n) is 9.67. The summed E-state index contributed by atoms with van der Waals surface area (Å²) < 4.78 is 8.46. The number of aromatic nitrogens is 8. The summed E-state index contributed by atoms with van der Waals surface area (Å²) in [6, 6.07) is 25.5. The van der Waals surface area contributed by atoms with E-state index in [-0.39, 0.29) is 18.1 Å². The van der Waals surface area contributed by atoms with Gasteiger partial charge in [-0.1, -0.05) is 54.6 Å². The van der Waals surface area contributed by atoms with Gasteiger partial charge < -0.3 is 25.9 Å². The Bertz CT molecular complexity index is 2070. The van der Waals surface area contributed by atoms with Crippen molar-refractivity contribution in [3.05, 3.63) is 183 Å². The molecule has 0 bridgehead atoms. The van der Waals surface area contributed by atoms with Crippen LogP contribution in [0.2, 0.25) is 0 Å². The van der Waals surface area contributed by atoms with E-state index in [0.717, 1.165) is 4.57 Å². The number of nitrogens with two attached hydrogens (primary N) is 1. The number of H-pyrrole nitrogens is 1. The van der Waals surface area contributed by atoms with Gasteiger partial charge in [0.25, 0.3) is 5.91 Å². The summed E-state index contributed by atoms with van der Waals surface area (Å²) in [6.07, 6.45) is 17.8. The van der Waals surface area contributed by atoms with Gasteiger partial charge in [-0.15, -0.1) is 0 Å². The lowest BCUT2D eigenvalue weighted by atomic mass is 10.2. The van der Waals surface area contributed by atoms with E-state index >= 15 is 0 Å². The molecule has 7 rings (SSSR count). The Morgan fingerprint density at radius 1 is 0.649 bits per heavy atom. The lowest BCUT2D eigenvalue weighted by molar-refractivity contribution is -0.191. The second-order valence-corrected chi connectivity index (χ2v) is 9.67. The van der Waals surface area contributed by atoms with E-state index in [0.29, 0.717) is 16.7 Å². The minimum absolute atomic E-state index is 0.0411. The average molecular weight is 779 g/mol. The third-order valence-corrected chi connectivity index (χ3v) is 6.04. The number of imidazole rings is 4. The second kappa shape index (κ2) is 29.1. The number of ether oxygens (including phenoxy) is 1. The molecule has 4 heterocycles. The van der Waals surface area contributed by atoms with Gasteiger partial charge >= 0.3 is 30.2 Å². The number of benzene rings is 3. The monoisotopic (exact) mass is 778 g/mol. The highest BCUT2D eigenvalue weighted by Gasteiger charge is 2.13. The molecule has 0 aliphatic rings. The van der Waals surface area contributed by atoms with Crippen LogP contribution in [0.15, 0.2) is 166 Å². The topological polar surface area (TPSA) is 269 Å². The maximum absolute atomic E-state index is 11.5. The number of aromatic carboxylic acids is 1. The summed E-state index contributed by atoms with van der Waals surface area (Å²) >= 11 is 0. The molecule has 4 aromatic heterocycles. The molecule has 7 aromatic rings. The number of nitrogens with one attached hydrogen (secondary N) is 2. The van der Waals surface area contributed by atoms with Gasteiger partial charge in [0.1, 0.15) is 19.0 Å². The molecule has 294 valence electrons. The molecule has 0 atom stereocenters. The summed E-state index contributed by atoms with van der Waals surface area (Å²) in [5, 5.41) is 10.9. The van der Waals surface area contributed by atoms with Crippen molar-refractivity contribution in [2.45, 2.75) is 0 Å². The lowest BCUT2D eigenvalue weighted by Gasteiger charge is -2.02. The minimum atomic E-state index is -0.879. The van der Waals surface area contributed by atoms with Crippen molar-refractivity contribution >= 4 is 36.1 Å². The number of aromatic amines is 1. The van der Waals surface area contributed by atoms with E-state index in [2.05, 4.69) is 40.7 Å². The first-order valence-electron chi connectivity index (χ1n) is 16.1. The van der Waals surface area contributed by atoms with E-state index in [1.54, 1.807) is 123 Å². The molecule has 0 saturated heterocycles. The van der Waals surface area contributed by atoms with Gasteiger partial charge in [0, 0.05) is 62.2 Å². The molecule has 1 amide bonds. The van der Waals surface area contributed by atoms with E-state index in [1.807, 2.05) is 18.2 Å². The van der Waals surface area contributed by atoms with Crippen LogP contribution in [0.1, 0.15) is 31.1 Å². The van der Waals surface area contributed by atoms with E-state index in [4.69, 9.17) is 14.7 Å². The smallest absolute Gasteiger partial charge is 0.427 e. The maximum atomic E-state index is 11.5. The van der Waals surface area contributed by atoms with Gasteiger partial charge in [-0.3, -0.25) is 13.9 Å². The van der Waals surface area contributed by atoms with Crippen molar-refractivity contribution in [2.75, 3.05) is 14.1 Å². The maximum Gasteiger partial charge on any atom is 0.427 e. The van der Waals surface area contributed by atoms with Gasteiger partial charge in [-0.05, 0) is 43.4 Å². The van der Waals surface area contributed by atoms with Crippen LogP contribution in [-0.4, -0.2) is 93.9 Å². The quantitative estimate of drug-likeness (QED) is 0.145. The van der Waals surface area contributed by atoms with Crippen molar-refractivity contribution in [2.24, 2.45) is 5.73 Å². The number of carboxylic acids is 1. The Labute approximate surface area is 325 Å². The van der Waals surface area contributed by atoms with Gasteiger partial charge in [0.05, 0.1) is 17.5 Å². The van der Waals surface area contributed by atoms with Crippen molar-refractivity contribution in [1.82, 2.24) is 43.9 Å². The highest BCUT2D eigenvalue weighted by atomic mass is 16.6. The van der Waals surface area contributed by atoms with Gasteiger partial charge in [-0.25, -0.2) is 43.7 Å². The molecule has 5 N–H and O–H groups in total. The summed E-state index contributed by atoms with van der Waals surface area (Å²) in [5.41, 5.74) is 5.86. The number of nitrogens with zero attached hydrogens (tertiary/aromatic N) is 7. The average Bonchev–Trinajstić information content (AvgIpc) is 4.12. The molecule has 0 saturated carbocycles. The van der Waals surface area contributed by atoms with E-state index in [1.165, 1.54) is 47.6 Å². The van der Waals surface area contributed by atoms with Crippen LogP contribution in [0, 0.1) is 0 Å². The number of esters is 1. The Morgan fingerprint density at radius 3 is 1.39 bits per heavy atom. The molecule has 0 unspecified atom stereocenters. The molecule has 0 fully saturated rings. The van der Waals surface area contributed by atoms with Crippen molar-refractivity contribution < 1.29 is 43.4 Å². The summed E-state index contributed by atoms with van der Waals surface area (Å²) in [7, 11) is 3.12. The first-order valence-corrected chi connectivity index (χ1v) is 16.1. The zero-order valence-electron chi connectivity index (χ0n) is 30.5. The number of rotatable bonds is 3. The normalized spacial score (nSPS) is 8.75. The van der Waals surface area contributed by atoms with Gasteiger partial charge in [0.2, 0.25) is 0 Å². The molecule has 0 aliphatic heterocycles. The molecule has 19 nitrogen and oxygen atoms in total. The number of amides is 1. The Kier molecular flexibility index (Phi) is 23.8. The van der Waals surface area contributed by atoms with Crippen LogP contribution in [0.5, 0.6) is 0 Å². The fraction of sp³-hybridized carbons (Fsp3) is 0.0526. The third-order valence-electron chi connectivity index (χ3n) is 6.04. The highest BCUT2D eigenvalue weighted by Crippen LogP contribution is 2.03. The largest absolute Gasteiger partial charge is 0.478 e. The van der Waals surface area contributed by atoms with Crippen LogP contribution >= 0.6 is 0 Å². The summed E-state index contributed by atoms with van der Waals surface area (Å²) in [4.78, 5) is 89.2. The summed E-state index contributed by atoms with van der Waals surface area (Å²) in [6.45, 7) is 0. The van der Waals surface area contributed by atoms with Crippen LogP contribution in [0.25, 0.3) is 0 Å². The Hall–Kier alpha value is -8.41. The predicted octanol–water partition coefficient (Wildman–Crippen LogP) is 4.14. The van der Waals surface area contributed by atoms with Gasteiger partial charge in [-0.2, -0.15) is 9.59 Å².